The van der Waals surface area contributed by atoms with Gasteiger partial charge in [0.25, 0.3) is 0 Å². The lowest BCUT2D eigenvalue weighted by Crippen LogP contribution is -2.37. The van der Waals surface area contributed by atoms with E-state index in [-0.39, 0.29) is 5.91 Å². The highest BCUT2D eigenvalue weighted by atomic mass is 16.1. The Morgan fingerprint density at radius 2 is 2.06 bits per heavy atom. The minimum absolute atomic E-state index is 0.204. The number of carbonyl (C=O) groups excluding carboxylic acids is 1. The van der Waals surface area contributed by atoms with Crippen molar-refractivity contribution in [3.05, 3.63) is 0 Å². The zero-order chi connectivity index (χ0) is 11.8. The molecule has 0 saturated heterocycles. The zero-order valence-electron chi connectivity index (χ0n) is 10.5. The highest BCUT2D eigenvalue weighted by molar-refractivity contribution is 5.76. The van der Waals surface area contributed by atoms with Crippen molar-refractivity contribution >= 4 is 5.91 Å². The Hall–Kier alpha value is -0.570. The molecule has 1 rings (SSSR count). The first-order chi connectivity index (χ1) is 7.76. The van der Waals surface area contributed by atoms with Crippen LogP contribution in [0.4, 0.5) is 0 Å². The number of nitrogens with one attached hydrogen (secondary N) is 1. The monoisotopic (exact) mass is 226 g/mol. The highest BCUT2D eigenvalue weighted by Gasteiger charge is 2.17. The van der Waals surface area contributed by atoms with Crippen LogP contribution in [0.15, 0.2) is 0 Å². The number of carbonyl (C=O) groups is 1. The van der Waals surface area contributed by atoms with Crippen molar-refractivity contribution in [3.8, 4) is 0 Å². The van der Waals surface area contributed by atoms with E-state index in [1.54, 1.807) is 0 Å². The van der Waals surface area contributed by atoms with Crippen LogP contribution in [0.25, 0.3) is 0 Å². The minimum Gasteiger partial charge on any atom is -0.353 e. The maximum Gasteiger partial charge on any atom is 0.220 e. The van der Waals surface area contributed by atoms with Gasteiger partial charge in [0, 0.05) is 12.5 Å². The topological polar surface area (TPSA) is 55.1 Å². The molecular formula is C13H26N2O. The summed E-state index contributed by atoms with van der Waals surface area (Å²) in [6, 6.07) is 0.432. The van der Waals surface area contributed by atoms with Crippen molar-refractivity contribution in [2.45, 2.75) is 64.3 Å². The average Bonchev–Trinajstić information content (AvgIpc) is 2.29. The number of rotatable bonds is 6. The fraction of sp³-hybridized carbons (Fsp3) is 0.923. The molecule has 1 atom stereocenters. The summed E-state index contributed by atoms with van der Waals surface area (Å²) in [4.78, 5) is 11.8. The third-order valence-electron chi connectivity index (χ3n) is 3.47. The van der Waals surface area contributed by atoms with Crippen LogP contribution in [0.1, 0.15) is 58.3 Å². The summed E-state index contributed by atoms with van der Waals surface area (Å²) in [5, 5.41) is 3.15. The van der Waals surface area contributed by atoms with E-state index in [0.717, 1.165) is 25.7 Å². The Morgan fingerprint density at radius 3 is 2.62 bits per heavy atom. The van der Waals surface area contributed by atoms with E-state index in [1.165, 1.54) is 19.3 Å². The Kier molecular flexibility index (Phi) is 6.46. The highest BCUT2D eigenvalue weighted by Crippen LogP contribution is 2.18. The maximum absolute atomic E-state index is 11.8. The predicted octanol–water partition coefficient (Wildman–Crippen LogP) is 2.20. The number of hydrogen-bond donors (Lipinski definition) is 2. The van der Waals surface area contributed by atoms with Gasteiger partial charge < -0.3 is 11.1 Å². The van der Waals surface area contributed by atoms with Gasteiger partial charge in [0.2, 0.25) is 5.91 Å². The molecule has 94 valence electrons. The van der Waals surface area contributed by atoms with Crippen molar-refractivity contribution in [1.82, 2.24) is 5.32 Å². The van der Waals surface area contributed by atoms with Crippen molar-refractivity contribution in [2.75, 3.05) is 6.54 Å². The van der Waals surface area contributed by atoms with Gasteiger partial charge in [-0.15, -0.1) is 0 Å². The normalized spacial score (nSPS) is 19.4. The van der Waals surface area contributed by atoms with E-state index < -0.39 is 0 Å². The molecule has 0 aliphatic heterocycles. The van der Waals surface area contributed by atoms with Crippen LogP contribution < -0.4 is 11.1 Å². The first-order valence-electron chi connectivity index (χ1n) is 6.75. The summed E-state index contributed by atoms with van der Waals surface area (Å²) in [6.07, 6.45) is 8.96. The molecule has 0 spiro atoms. The van der Waals surface area contributed by atoms with E-state index in [9.17, 15) is 4.79 Å². The summed E-state index contributed by atoms with van der Waals surface area (Å²) in [5.74, 6) is 0.574. The third kappa shape index (κ3) is 4.97. The van der Waals surface area contributed by atoms with Gasteiger partial charge in [0.15, 0.2) is 0 Å². The van der Waals surface area contributed by atoms with Crippen LogP contribution in [0, 0.1) is 5.92 Å². The molecule has 1 unspecified atom stereocenters. The summed E-state index contributed by atoms with van der Waals surface area (Å²) < 4.78 is 0. The lowest BCUT2D eigenvalue weighted by molar-refractivity contribution is -0.122. The van der Waals surface area contributed by atoms with Gasteiger partial charge in [-0.2, -0.15) is 0 Å². The van der Waals surface area contributed by atoms with Gasteiger partial charge >= 0.3 is 0 Å². The second kappa shape index (κ2) is 7.66. The molecule has 3 nitrogen and oxygen atoms in total. The molecule has 1 aliphatic carbocycles. The molecule has 3 heteroatoms. The van der Waals surface area contributed by atoms with Gasteiger partial charge in [-0.05, 0) is 31.7 Å². The fourth-order valence-corrected chi connectivity index (χ4v) is 2.51. The molecular weight excluding hydrogens is 200 g/mol. The molecule has 0 aromatic rings. The smallest absolute Gasteiger partial charge is 0.220 e. The third-order valence-corrected chi connectivity index (χ3v) is 3.47. The Morgan fingerprint density at radius 1 is 1.38 bits per heavy atom. The minimum atomic E-state index is 0.204. The average molecular weight is 226 g/mol. The number of amides is 1. The Balaban J connectivity index is 2.22. The first kappa shape index (κ1) is 13.5. The number of nitrogens with two attached hydrogens (primary N) is 1. The Bertz CT molecular complexity index is 191. The molecule has 3 N–H and O–H groups in total. The quantitative estimate of drug-likeness (QED) is 0.729. The van der Waals surface area contributed by atoms with Crippen molar-refractivity contribution < 1.29 is 4.79 Å². The van der Waals surface area contributed by atoms with Crippen LogP contribution in [-0.4, -0.2) is 18.5 Å². The molecule has 0 aromatic heterocycles. The lowest BCUT2D eigenvalue weighted by atomic mass is 9.94. The molecule has 1 fully saturated rings. The zero-order valence-corrected chi connectivity index (χ0v) is 10.5. The van der Waals surface area contributed by atoms with E-state index >= 15 is 0 Å². The lowest BCUT2D eigenvalue weighted by Gasteiger charge is -2.23. The van der Waals surface area contributed by atoms with E-state index in [0.29, 0.717) is 24.9 Å². The number of hydrogen-bond acceptors (Lipinski definition) is 2. The van der Waals surface area contributed by atoms with Crippen LogP contribution in [-0.2, 0) is 4.79 Å². The van der Waals surface area contributed by atoms with Crippen molar-refractivity contribution in [3.63, 3.8) is 0 Å². The van der Waals surface area contributed by atoms with E-state index in [2.05, 4.69) is 12.2 Å². The summed E-state index contributed by atoms with van der Waals surface area (Å²) in [5.41, 5.74) is 5.66. The van der Waals surface area contributed by atoms with Gasteiger partial charge in [-0.25, -0.2) is 0 Å². The van der Waals surface area contributed by atoms with E-state index in [4.69, 9.17) is 5.73 Å². The molecule has 16 heavy (non-hydrogen) atoms. The molecule has 0 bridgehead atoms. The first-order valence-corrected chi connectivity index (χ1v) is 6.75. The Labute approximate surface area is 99.2 Å². The summed E-state index contributed by atoms with van der Waals surface area (Å²) >= 11 is 0. The SMILES string of the molecule is CCCC(CN)CC(=O)NC1CCCCC1. The molecule has 1 amide bonds. The molecule has 0 heterocycles. The van der Waals surface area contributed by atoms with Gasteiger partial charge in [0.1, 0.15) is 0 Å². The second-order valence-corrected chi connectivity index (χ2v) is 5.00. The van der Waals surface area contributed by atoms with Crippen molar-refractivity contribution in [1.29, 1.82) is 0 Å². The van der Waals surface area contributed by atoms with Crippen LogP contribution in [0.3, 0.4) is 0 Å². The fourth-order valence-electron chi connectivity index (χ4n) is 2.51. The second-order valence-electron chi connectivity index (χ2n) is 5.00. The summed E-state index contributed by atoms with van der Waals surface area (Å²) in [6.45, 7) is 2.77. The van der Waals surface area contributed by atoms with Gasteiger partial charge in [0.05, 0.1) is 0 Å². The molecule has 1 aliphatic rings. The molecule has 1 saturated carbocycles. The van der Waals surface area contributed by atoms with Crippen LogP contribution >= 0.6 is 0 Å². The van der Waals surface area contributed by atoms with E-state index in [1.807, 2.05) is 0 Å². The van der Waals surface area contributed by atoms with Crippen molar-refractivity contribution in [2.24, 2.45) is 11.7 Å². The maximum atomic E-state index is 11.8. The standard InChI is InChI=1S/C13H26N2O/c1-2-6-11(10-14)9-13(16)15-12-7-4-3-5-8-12/h11-12H,2-10,14H2,1H3,(H,15,16). The largest absolute Gasteiger partial charge is 0.353 e. The van der Waals surface area contributed by atoms with Crippen LogP contribution in [0.5, 0.6) is 0 Å². The molecule has 0 aromatic carbocycles. The summed E-state index contributed by atoms with van der Waals surface area (Å²) in [7, 11) is 0. The molecule has 0 radical (unpaired) electrons. The predicted molar refractivity (Wildman–Crippen MR) is 67.1 cm³/mol. The van der Waals surface area contributed by atoms with Crippen LogP contribution in [0.2, 0.25) is 0 Å². The van der Waals surface area contributed by atoms with Gasteiger partial charge in [-0.1, -0.05) is 32.6 Å². The van der Waals surface area contributed by atoms with Gasteiger partial charge in [-0.3, -0.25) is 4.79 Å².